The predicted molar refractivity (Wildman–Crippen MR) is 83.7 cm³/mol. The molecule has 104 valence electrons. The van der Waals surface area contributed by atoms with Gasteiger partial charge in [0.15, 0.2) is 10.4 Å². The third-order valence-electron chi connectivity index (χ3n) is 2.57. The molecule has 0 saturated carbocycles. The van der Waals surface area contributed by atoms with Crippen LogP contribution < -0.4 is 0 Å². The normalized spacial score (nSPS) is 11.2. The fraction of sp³-hybridized carbons (Fsp3) is 0.143. The Labute approximate surface area is 132 Å². The van der Waals surface area contributed by atoms with Crippen LogP contribution in [0.2, 0.25) is 0 Å². The number of aliphatic imine (C=N–C) groups is 1. The standard InChI is InChI=1S/C14H11Br2NO3/c1-8-2-3-9(11(18)4-8)6-17-7-12(19)13-5-10(15)14(16)20-13/h2-6,18H,7H2,1H3. The Bertz CT molecular complexity index is 658. The quantitative estimate of drug-likeness (QED) is 0.620. The van der Waals surface area contributed by atoms with E-state index in [2.05, 4.69) is 36.9 Å². The Hall–Kier alpha value is -1.40. The van der Waals surface area contributed by atoms with Crippen molar-refractivity contribution in [1.82, 2.24) is 0 Å². The largest absolute Gasteiger partial charge is 0.507 e. The minimum absolute atomic E-state index is 0.0420. The molecule has 0 saturated heterocycles. The number of phenols is 1. The molecule has 1 N–H and O–H groups in total. The minimum atomic E-state index is -0.237. The summed E-state index contributed by atoms with van der Waals surface area (Å²) < 4.78 is 6.37. The third-order valence-corrected chi connectivity index (χ3v) is 4.28. The van der Waals surface area contributed by atoms with Crippen LogP contribution in [0.3, 0.4) is 0 Å². The summed E-state index contributed by atoms with van der Waals surface area (Å²) in [5, 5.41) is 9.71. The fourth-order valence-corrected chi connectivity index (χ4v) is 2.13. The van der Waals surface area contributed by atoms with Crippen molar-refractivity contribution in [3.05, 3.63) is 50.3 Å². The van der Waals surface area contributed by atoms with E-state index in [1.54, 1.807) is 18.2 Å². The van der Waals surface area contributed by atoms with Gasteiger partial charge in [0, 0.05) is 17.8 Å². The molecule has 1 heterocycles. The van der Waals surface area contributed by atoms with Gasteiger partial charge in [0.05, 0.1) is 4.47 Å². The summed E-state index contributed by atoms with van der Waals surface area (Å²) in [6.45, 7) is 1.84. The Morgan fingerprint density at radius 2 is 2.15 bits per heavy atom. The van der Waals surface area contributed by atoms with Gasteiger partial charge in [-0.05, 0) is 56.5 Å². The zero-order chi connectivity index (χ0) is 14.7. The SMILES string of the molecule is Cc1ccc(C=NCC(=O)c2cc(Br)c(Br)o2)c(O)c1. The lowest BCUT2D eigenvalue weighted by Crippen LogP contribution is -2.02. The van der Waals surface area contributed by atoms with Gasteiger partial charge < -0.3 is 9.52 Å². The highest BCUT2D eigenvalue weighted by atomic mass is 79.9. The molecule has 0 aliphatic carbocycles. The summed E-state index contributed by atoms with van der Waals surface area (Å²) in [5.74, 6) is 0.137. The second-order valence-electron chi connectivity index (χ2n) is 4.19. The van der Waals surface area contributed by atoms with E-state index in [1.807, 2.05) is 13.0 Å². The van der Waals surface area contributed by atoms with Crippen LogP contribution in [0, 0.1) is 6.92 Å². The first-order chi connectivity index (χ1) is 9.47. The second-order valence-corrected chi connectivity index (χ2v) is 5.76. The summed E-state index contributed by atoms with van der Waals surface area (Å²) in [6.07, 6.45) is 1.47. The number of ketones is 1. The molecule has 2 rings (SSSR count). The van der Waals surface area contributed by atoms with E-state index < -0.39 is 0 Å². The molecule has 1 aromatic carbocycles. The number of aromatic hydroxyl groups is 1. The van der Waals surface area contributed by atoms with Crippen molar-refractivity contribution >= 4 is 43.9 Å². The summed E-state index contributed by atoms with van der Waals surface area (Å²) in [6, 6.07) is 6.84. The zero-order valence-corrected chi connectivity index (χ0v) is 13.7. The van der Waals surface area contributed by atoms with Crippen LogP contribution in [-0.2, 0) is 0 Å². The van der Waals surface area contributed by atoms with Gasteiger partial charge in [-0.1, -0.05) is 6.07 Å². The summed E-state index contributed by atoms with van der Waals surface area (Å²) >= 11 is 6.41. The van der Waals surface area contributed by atoms with Crippen LogP contribution in [0.15, 0.2) is 42.8 Å². The number of furan rings is 1. The monoisotopic (exact) mass is 399 g/mol. The Morgan fingerprint density at radius 1 is 1.40 bits per heavy atom. The lowest BCUT2D eigenvalue weighted by Gasteiger charge is -1.99. The molecule has 2 aromatic rings. The van der Waals surface area contributed by atoms with Gasteiger partial charge in [-0.15, -0.1) is 0 Å². The van der Waals surface area contributed by atoms with E-state index in [0.717, 1.165) is 5.56 Å². The van der Waals surface area contributed by atoms with Crippen molar-refractivity contribution in [2.24, 2.45) is 4.99 Å². The van der Waals surface area contributed by atoms with Gasteiger partial charge >= 0.3 is 0 Å². The molecule has 20 heavy (non-hydrogen) atoms. The molecule has 0 aliphatic rings. The molecule has 0 unspecified atom stereocenters. The predicted octanol–water partition coefficient (Wildman–Crippen LogP) is 4.12. The molecule has 0 spiro atoms. The van der Waals surface area contributed by atoms with Crippen LogP contribution in [-0.4, -0.2) is 23.6 Å². The topological polar surface area (TPSA) is 62.8 Å². The number of Topliss-reactive ketones (excluding diaryl/α,β-unsaturated/α-hetero) is 1. The lowest BCUT2D eigenvalue weighted by atomic mass is 10.1. The van der Waals surface area contributed by atoms with Crippen molar-refractivity contribution in [2.75, 3.05) is 6.54 Å². The highest BCUT2D eigenvalue weighted by Crippen LogP contribution is 2.26. The van der Waals surface area contributed by atoms with E-state index in [9.17, 15) is 9.90 Å². The summed E-state index contributed by atoms with van der Waals surface area (Å²) in [7, 11) is 0. The first-order valence-corrected chi connectivity index (χ1v) is 7.33. The summed E-state index contributed by atoms with van der Waals surface area (Å²) in [5.41, 5.74) is 1.53. The maximum atomic E-state index is 11.8. The van der Waals surface area contributed by atoms with Gasteiger partial charge in [0.25, 0.3) is 0 Å². The van der Waals surface area contributed by atoms with Crippen LogP contribution in [0.25, 0.3) is 0 Å². The maximum Gasteiger partial charge on any atom is 0.219 e. The molecule has 0 radical (unpaired) electrons. The number of carbonyl (C=O) groups excluding carboxylic acids is 1. The number of hydrogen-bond donors (Lipinski definition) is 1. The second kappa shape index (κ2) is 6.37. The van der Waals surface area contributed by atoms with Crippen molar-refractivity contribution in [3.63, 3.8) is 0 Å². The van der Waals surface area contributed by atoms with E-state index in [4.69, 9.17) is 4.42 Å². The average Bonchev–Trinajstić information content (AvgIpc) is 2.72. The molecular weight excluding hydrogens is 390 g/mol. The van der Waals surface area contributed by atoms with Crippen molar-refractivity contribution in [3.8, 4) is 5.75 Å². The Kier molecular flexibility index (Phi) is 4.77. The highest BCUT2D eigenvalue weighted by molar-refractivity contribution is 9.13. The van der Waals surface area contributed by atoms with Gasteiger partial charge in [0.1, 0.15) is 12.3 Å². The average molecular weight is 401 g/mol. The Morgan fingerprint density at radius 3 is 2.75 bits per heavy atom. The van der Waals surface area contributed by atoms with E-state index in [0.29, 0.717) is 14.7 Å². The van der Waals surface area contributed by atoms with Gasteiger partial charge in [0.2, 0.25) is 5.78 Å². The minimum Gasteiger partial charge on any atom is -0.507 e. The number of rotatable bonds is 4. The molecule has 4 nitrogen and oxygen atoms in total. The Balaban J connectivity index is 2.04. The van der Waals surface area contributed by atoms with Gasteiger partial charge in [-0.25, -0.2) is 0 Å². The van der Waals surface area contributed by atoms with E-state index in [1.165, 1.54) is 6.21 Å². The smallest absolute Gasteiger partial charge is 0.219 e. The van der Waals surface area contributed by atoms with Crippen LogP contribution >= 0.6 is 31.9 Å². The number of phenolic OH excluding ortho intramolecular Hbond substituents is 1. The van der Waals surface area contributed by atoms with Gasteiger partial charge in [-0.3, -0.25) is 9.79 Å². The molecule has 0 fully saturated rings. The van der Waals surface area contributed by atoms with Crippen LogP contribution in [0.5, 0.6) is 5.75 Å². The van der Waals surface area contributed by atoms with Crippen LogP contribution in [0.1, 0.15) is 21.7 Å². The first-order valence-electron chi connectivity index (χ1n) is 5.75. The van der Waals surface area contributed by atoms with Crippen molar-refractivity contribution in [1.29, 1.82) is 0 Å². The van der Waals surface area contributed by atoms with E-state index >= 15 is 0 Å². The lowest BCUT2D eigenvalue weighted by molar-refractivity contribution is 0.0974. The molecule has 0 amide bonds. The number of aryl methyl sites for hydroxylation is 1. The zero-order valence-electron chi connectivity index (χ0n) is 10.6. The summed E-state index contributed by atoms with van der Waals surface area (Å²) in [4.78, 5) is 15.9. The number of nitrogens with zero attached hydrogens (tertiary/aromatic N) is 1. The van der Waals surface area contributed by atoms with Crippen LogP contribution in [0.4, 0.5) is 0 Å². The molecular formula is C14H11Br2NO3. The molecule has 1 aromatic heterocycles. The highest BCUT2D eigenvalue weighted by Gasteiger charge is 2.13. The van der Waals surface area contributed by atoms with Crippen molar-refractivity contribution < 1.29 is 14.3 Å². The number of halogens is 2. The molecule has 0 atom stereocenters. The third kappa shape index (κ3) is 3.58. The number of carbonyl (C=O) groups is 1. The molecule has 0 bridgehead atoms. The van der Waals surface area contributed by atoms with Gasteiger partial charge in [-0.2, -0.15) is 0 Å². The fourth-order valence-electron chi connectivity index (χ4n) is 1.55. The van der Waals surface area contributed by atoms with E-state index in [-0.39, 0.29) is 23.8 Å². The number of hydrogen-bond acceptors (Lipinski definition) is 4. The maximum absolute atomic E-state index is 11.8. The first kappa shape index (κ1) is 15.0. The molecule has 6 heteroatoms. The molecule has 0 aliphatic heterocycles. The number of benzene rings is 1. The van der Waals surface area contributed by atoms with Crippen molar-refractivity contribution in [2.45, 2.75) is 6.92 Å².